The number of anilines is 1. The fraction of sp³-hybridized carbons (Fsp3) is 0.269. The van der Waals surface area contributed by atoms with Crippen LogP contribution in [0.4, 0.5) is 10.5 Å². The fourth-order valence-corrected chi connectivity index (χ4v) is 8.81. The Balaban J connectivity index is 1.48. The van der Waals surface area contributed by atoms with Crippen LogP contribution in [-0.4, -0.2) is 24.2 Å². The molecule has 3 aromatic carbocycles. The van der Waals surface area contributed by atoms with Crippen molar-refractivity contribution in [2.24, 2.45) is 0 Å². The Hall–Kier alpha value is -2.51. The van der Waals surface area contributed by atoms with Gasteiger partial charge < -0.3 is 19.3 Å². The number of rotatable bonds is 9. The molecule has 3 aromatic rings. The zero-order chi connectivity index (χ0) is 24.9. The van der Waals surface area contributed by atoms with Crippen LogP contribution in [0.1, 0.15) is 26.3 Å². The number of fused-ring (bicyclic) bond motifs is 1. The van der Waals surface area contributed by atoms with Gasteiger partial charge in [-0.3, -0.25) is 4.08 Å². The number of carbonyl (C=O) groups excluding carboxylic acids is 1. The van der Waals surface area contributed by atoms with Crippen molar-refractivity contribution in [3.05, 3.63) is 84.4 Å². The van der Waals surface area contributed by atoms with E-state index in [9.17, 15) is 4.79 Å². The summed E-state index contributed by atoms with van der Waals surface area (Å²) in [5.74, 6) is 1.29. The van der Waals surface area contributed by atoms with E-state index in [1.807, 2.05) is 97.6 Å². The molecule has 9 heteroatoms. The lowest BCUT2D eigenvalue weighted by molar-refractivity contribution is 0.133. The van der Waals surface area contributed by atoms with Crippen molar-refractivity contribution >= 4 is 47.3 Å². The molecule has 1 amide bonds. The van der Waals surface area contributed by atoms with Crippen LogP contribution in [0.5, 0.6) is 11.5 Å². The van der Waals surface area contributed by atoms with Gasteiger partial charge in [0.25, 0.3) is 0 Å². The Morgan fingerprint density at radius 1 is 1.09 bits per heavy atom. The fourth-order valence-electron chi connectivity index (χ4n) is 3.84. The van der Waals surface area contributed by atoms with Gasteiger partial charge in [-0.25, -0.2) is 4.79 Å². The van der Waals surface area contributed by atoms with Crippen LogP contribution in [0.3, 0.4) is 0 Å². The van der Waals surface area contributed by atoms with Crippen LogP contribution >= 0.6 is 18.4 Å². The molecule has 1 heterocycles. The standard InChI is InChI=1S/C26H29N2O4PS2/c1-4-30-33(34,22-15-9-6-10-16-22)28(21-13-7-5-8-14-21)35-19-27-25(29)31-23-17-11-12-20-18-26(2,3)32-24(20)23/h5-17H,4,18-19H2,1-3H3,(H,27,29). The summed E-state index contributed by atoms with van der Waals surface area (Å²) in [4.78, 5) is 12.7. The number of para-hydroxylation sites is 2. The molecule has 1 unspecified atom stereocenters. The van der Waals surface area contributed by atoms with Crippen LogP contribution in [-0.2, 0) is 22.8 Å². The van der Waals surface area contributed by atoms with E-state index in [0.717, 1.165) is 23.0 Å². The van der Waals surface area contributed by atoms with E-state index in [1.54, 1.807) is 6.07 Å². The van der Waals surface area contributed by atoms with Gasteiger partial charge in [0.15, 0.2) is 17.9 Å². The Labute approximate surface area is 216 Å². The average Bonchev–Trinajstić information content (AvgIpc) is 3.18. The molecule has 1 atom stereocenters. The molecule has 0 saturated heterocycles. The van der Waals surface area contributed by atoms with E-state index in [4.69, 9.17) is 25.8 Å². The minimum absolute atomic E-state index is 0.243. The largest absolute Gasteiger partial charge is 0.483 e. The van der Waals surface area contributed by atoms with E-state index in [1.165, 1.54) is 11.9 Å². The zero-order valence-corrected chi connectivity index (χ0v) is 22.5. The molecule has 0 spiro atoms. The first kappa shape index (κ1) is 25.6. The zero-order valence-electron chi connectivity index (χ0n) is 20.0. The second-order valence-electron chi connectivity index (χ2n) is 8.50. The maximum absolute atomic E-state index is 12.7. The van der Waals surface area contributed by atoms with Crippen molar-refractivity contribution in [3.8, 4) is 11.5 Å². The molecule has 1 N–H and O–H groups in total. The van der Waals surface area contributed by atoms with E-state index < -0.39 is 12.5 Å². The first-order chi connectivity index (χ1) is 16.8. The summed E-state index contributed by atoms with van der Waals surface area (Å²) in [5, 5.41) is 3.77. The van der Waals surface area contributed by atoms with Gasteiger partial charge >= 0.3 is 6.09 Å². The van der Waals surface area contributed by atoms with Gasteiger partial charge in [0.05, 0.1) is 18.2 Å². The number of nitrogens with one attached hydrogen (secondary N) is 1. The molecule has 0 aliphatic carbocycles. The molecule has 0 radical (unpaired) electrons. The number of ether oxygens (including phenoxy) is 2. The molecule has 184 valence electrons. The van der Waals surface area contributed by atoms with Gasteiger partial charge in [-0.1, -0.05) is 48.5 Å². The molecule has 0 saturated carbocycles. The Morgan fingerprint density at radius 2 is 1.77 bits per heavy atom. The number of nitrogens with zero attached hydrogens (tertiary/aromatic N) is 1. The quantitative estimate of drug-likeness (QED) is 0.199. The normalized spacial score (nSPS) is 15.4. The molecule has 0 fully saturated rings. The van der Waals surface area contributed by atoms with Crippen LogP contribution in [0.2, 0.25) is 0 Å². The predicted molar refractivity (Wildman–Crippen MR) is 147 cm³/mol. The third kappa shape index (κ3) is 6.01. The van der Waals surface area contributed by atoms with Crippen LogP contribution < -0.4 is 24.2 Å². The van der Waals surface area contributed by atoms with Crippen molar-refractivity contribution in [2.75, 3.05) is 16.6 Å². The minimum Gasteiger partial charge on any atom is -0.483 e. The molecule has 35 heavy (non-hydrogen) atoms. The first-order valence-corrected chi connectivity index (χ1v) is 15.0. The molecular weight excluding hydrogens is 499 g/mol. The van der Waals surface area contributed by atoms with Crippen LogP contribution in [0.15, 0.2) is 78.9 Å². The van der Waals surface area contributed by atoms with Gasteiger partial charge in [0, 0.05) is 17.3 Å². The molecule has 6 nitrogen and oxygen atoms in total. The topological polar surface area (TPSA) is 60.0 Å². The summed E-state index contributed by atoms with van der Waals surface area (Å²) in [6.07, 6.45) is -2.43. The highest BCUT2D eigenvalue weighted by Crippen LogP contribution is 2.56. The minimum atomic E-state index is -2.64. The Bertz CT molecular complexity index is 1210. The molecular formula is C26H29N2O4PS2. The number of carbonyl (C=O) groups is 1. The second kappa shape index (κ2) is 11.0. The molecule has 0 bridgehead atoms. The summed E-state index contributed by atoms with van der Waals surface area (Å²) in [6, 6.07) is 25.3. The molecule has 4 rings (SSSR count). The first-order valence-electron chi connectivity index (χ1n) is 11.4. The van der Waals surface area contributed by atoms with E-state index in [-0.39, 0.29) is 11.5 Å². The number of hydrogen-bond acceptors (Lipinski definition) is 6. The van der Waals surface area contributed by atoms with E-state index in [2.05, 4.69) is 5.32 Å². The van der Waals surface area contributed by atoms with Crippen LogP contribution in [0.25, 0.3) is 0 Å². The van der Waals surface area contributed by atoms with Crippen molar-refractivity contribution in [1.29, 1.82) is 0 Å². The summed E-state index contributed by atoms with van der Waals surface area (Å²) >= 11 is 7.55. The monoisotopic (exact) mass is 528 g/mol. The van der Waals surface area contributed by atoms with Crippen molar-refractivity contribution < 1.29 is 18.8 Å². The summed E-state index contributed by atoms with van der Waals surface area (Å²) < 4.78 is 19.8. The van der Waals surface area contributed by atoms with Gasteiger partial charge in [0.2, 0.25) is 0 Å². The number of hydrogen-bond donors (Lipinski definition) is 1. The smallest absolute Gasteiger partial charge is 0.413 e. The molecule has 0 aromatic heterocycles. The van der Waals surface area contributed by atoms with E-state index in [0.29, 0.717) is 18.1 Å². The summed E-state index contributed by atoms with van der Waals surface area (Å²) in [5.41, 5.74) is 1.62. The highest BCUT2D eigenvalue weighted by molar-refractivity contribution is 8.24. The maximum Gasteiger partial charge on any atom is 0.413 e. The van der Waals surface area contributed by atoms with Gasteiger partial charge in [-0.2, -0.15) is 0 Å². The Morgan fingerprint density at radius 3 is 2.46 bits per heavy atom. The van der Waals surface area contributed by atoms with Gasteiger partial charge in [-0.05, 0) is 74.9 Å². The Kier molecular flexibility index (Phi) is 8.07. The number of amides is 1. The van der Waals surface area contributed by atoms with Gasteiger partial charge in [-0.15, -0.1) is 0 Å². The van der Waals surface area contributed by atoms with Crippen molar-refractivity contribution in [3.63, 3.8) is 0 Å². The van der Waals surface area contributed by atoms with Crippen molar-refractivity contribution in [1.82, 2.24) is 5.32 Å². The second-order valence-corrected chi connectivity index (χ2v) is 13.4. The lowest BCUT2D eigenvalue weighted by Crippen LogP contribution is -2.30. The maximum atomic E-state index is 12.7. The van der Waals surface area contributed by atoms with Crippen LogP contribution in [0, 0.1) is 0 Å². The SMILES string of the molecule is CCOP(=S)(c1ccccc1)N(SCNC(=O)Oc1cccc2c1OC(C)(C)C2)c1ccccc1. The predicted octanol–water partition coefficient (Wildman–Crippen LogP) is 6.27. The summed E-state index contributed by atoms with van der Waals surface area (Å²) in [6.45, 7) is 6.44. The molecule has 1 aliphatic heterocycles. The average molecular weight is 529 g/mol. The van der Waals surface area contributed by atoms with Crippen molar-refractivity contribution in [2.45, 2.75) is 32.8 Å². The summed E-state index contributed by atoms with van der Waals surface area (Å²) in [7, 11) is 0. The third-order valence-electron chi connectivity index (χ3n) is 5.26. The van der Waals surface area contributed by atoms with E-state index >= 15 is 0 Å². The highest BCUT2D eigenvalue weighted by atomic mass is 32.5. The molecule has 1 aliphatic rings. The lowest BCUT2D eigenvalue weighted by Gasteiger charge is -2.35. The van der Waals surface area contributed by atoms with Gasteiger partial charge in [0.1, 0.15) is 5.60 Å². The number of benzene rings is 3. The lowest BCUT2D eigenvalue weighted by atomic mass is 10.0. The highest BCUT2D eigenvalue weighted by Gasteiger charge is 2.33. The third-order valence-corrected chi connectivity index (χ3v) is 11.0.